The molecule has 2 aromatic carbocycles. The minimum absolute atomic E-state index is 0.157. The van der Waals surface area contributed by atoms with Gasteiger partial charge in [0.05, 0.1) is 17.3 Å². The minimum Gasteiger partial charge on any atom is -0.493 e. The lowest BCUT2D eigenvalue weighted by Gasteiger charge is -2.11. The molecule has 0 radical (unpaired) electrons. The zero-order chi connectivity index (χ0) is 19.1. The number of ether oxygens (including phenoxy) is 1. The SMILES string of the molecule is CC(=O)Nc1ccc(NC(=O)CCCOc2ccc(Cl)cc2C)c(Cl)c1. The highest BCUT2D eigenvalue weighted by Crippen LogP contribution is 2.26. The third-order valence-electron chi connectivity index (χ3n) is 3.51. The van der Waals surface area contributed by atoms with E-state index >= 15 is 0 Å². The molecule has 138 valence electrons. The average molecular weight is 395 g/mol. The monoisotopic (exact) mass is 394 g/mol. The van der Waals surface area contributed by atoms with Crippen molar-refractivity contribution in [1.82, 2.24) is 0 Å². The van der Waals surface area contributed by atoms with Crippen molar-refractivity contribution in [3.8, 4) is 5.75 Å². The van der Waals surface area contributed by atoms with Gasteiger partial charge in [0.25, 0.3) is 0 Å². The van der Waals surface area contributed by atoms with Crippen LogP contribution in [0.5, 0.6) is 5.75 Å². The van der Waals surface area contributed by atoms with Crippen LogP contribution in [0, 0.1) is 6.92 Å². The van der Waals surface area contributed by atoms with Gasteiger partial charge < -0.3 is 15.4 Å². The molecular weight excluding hydrogens is 375 g/mol. The second kappa shape index (κ2) is 9.46. The predicted molar refractivity (Wildman–Crippen MR) is 105 cm³/mol. The molecule has 26 heavy (non-hydrogen) atoms. The van der Waals surface area contributed by atoms with Crippen molar-refractivity contribution in [1.29, 1.82) is 0 Å². The molecular formula is C19H20Cl2N2O3. The Hall–Kier alpha value is -2.24. The zero-order valence-electron chi connectivity index (χ0n) is 14.6. The van der Waals surface area contributed by atoms with E-state index in [2.05, 4.69) is 10.6 Å². The Morgan fingerprint density at radius 2 is 1.85 bits per heavy atom. The van der Waals surface area contributed by atoms with Crippen LogP contribution < -0.4 is 15.4 Å². The van der Waals surface area contributed by atoms with Crippen LogP contribution in [0.1, 0.15) is 25.3 Å². The molecule has 7 heteroatoms. The molecule has 0 aliphatic carbocycles. The van der Waals surface area contributed by atoms with Crippen LogP contribution in [0.2, 0.25) is 10.0 Å². The molecule has 0 aliphatic heterocycles. The smallest absolute Gasteiger partial charge is 0.224 e. The second-order valence-corrected chi connectivity index (χ2v) is 6.63. The van der Waals surface area contributed by atoms with E-state index in [1.807, 2.05) is 19.1 Å². The Morgan fingerprint density at radius 3 is 2.50 bits per heavy atom. The summed E-state index contributed by atoms with van der Waals surface area (Å²) in [5, 5.41) is 6.40. The van der Waals surface area contributed by atoms with Gasteiger partial charge in [0, 0.05) is 24.1 Å². The van der Waals surface area contributed by atoms with E-state index in [0.717, 1.165) is 11.3 Å². The Morgan fingerprint density at radius 1 is 1.08 bits per heavy atom. The van der Waals surface area contributed by atoms with Crippen LogP contribution in [-0.2, 0) is 9.59 Å². The number of hydrogen-bond donors (Lipinski definition) is 2. The summed E-state index contributed by atoms with van der Waals surface area (Å²) in [4.78, 5) is 23.1. The van der Waals surface area contributed by atoms with Gasteiger partial charge in [-0.2, -0.15) is 0 Å². The molecule has 5 nitrogen and oxygen atoms in total. The van der Waals surface area contributed by atoms with E-state index in [-0.39, 0.29) is 11.8 Å². The lowest BCUT2D eigenvalue weighted by Crippen LogP contribution is -2.13. The van der Waals surface area contributed by atoms with Gasteiger partial charge in [-0.15, -0.1) is 0 Å². The molecule has 0 atom stereocenters. The third-order valence-corrected chi connectivity index (χ3v) is 4.05. The van der Waals surface area contributed by atoms with Crippen molar-refractivity contribution in [3.05, 3.63) is 52.0 Å². The normalized spacial score (nSPS) is 10.3. The number of nitrogens with one attached hydrogen (secondary N) is 2. The van der Waals surface area contributed by atoms with Crippen molar-refractivity contribution in [2.24, 2.45) is 0 Å². The number of anilines is 2. The summed E-state index contributed by atoms with van der Waals surface area (Å²) < 4.78 is 5.66. The number of benzene rings is 2. The first-order chi connectivity index (χ1) is 12.3. The number of rotatable bonds is 7. The highest BCUT2D eigenvalue weighted by atomic mass is 35.5. The fourth-order valence-corrected chi connectivity index (χ4v) is 2.75. The molecule has 2 aromatic rings. The molecule has 0 fully saturated rings. The highest BCUT2D eigenvalue weighted by molar-refractivity contribution is 6.34. The summed E-state index contributed by atoms with van der Waals surface area (Å²) in [6.45, 7) is 3.75. The molecule has 0 unspecified atom stereocenters. The lowest BCUT2D eigenvalue weighted by molar-refractivity contribution is -0.116. The highest BCUT2D eigenvalue weighted by Gasteiger charge is 2.08. The summed E-state index contributed by atoms with van der Waals surface area (Å²) in [5.41, 5.74) is 2.03. The van der Waals surface area contributed by atoms with Gasteiger partial charge in [-0.3, -0.25) is 9.59 Å². The molecule has 0 aliphatic rings. The van der Waals surface area contributed by atoms with Crippen molar-refractivity contribution in [3.63, 3.8) is 0 Å². The van der Waals surface area contributed by atoms with Gasteiger partial charge in [0.2, 0.25) is 11.8 Å². The van der Waals surface area contributed by atoms with Crippen LogP contribution >= 0.6 is 23.2 Å². The largest absolute Gasteiger partial charge is 0.493 e. The fraction of sp³-hybridized carbons (Fsp3) is 0.263. The maximum atomic E-state index is 12.0. The van der Waals surface area contributed by atoms with Gasteiger partial charge in [-0.05, 0) is 55.3 Å². The molecule has 2 N–H and O–H groups in total. The van der Waals surface area contributed by atoms with E-state index in [9.17, 15) is 9.59 Å². The van der Waals surface area contributed by atoms with E-state index in [4.69, 9.17) is 27.9 Å². The molecule has 0 heterocycles. The van der Waals surface area contributed by atoms with Crippen LogP contribution in [0.4, 0.5) is 11.4 Å². The maximum Gasteiger partial charge on any atom is 0.224 e. The number of aryl methyl sites for hydroxylation is 1. The molecule has 0 bridgehead atoms. The fourth-order valence-electron chi connectivity index (χ4n) is 2.30. The van der Waals surface area contributed by atoms with Crippen molar-refractivity contribution >= 4 is 46.4 Å². The summed E-state index contributed by atoms with van der Waals surface area (Å²) in [6, 6.07) is 10.3. The number of amides is 2. The van der Waals surface area contributed by atoms with E-state index in [1.165, 1.54) is 6.92 Å². The zero-order valence-corrected chi connectivity index (χ0v) is 16.1. The van der Waals surface area contributed by atoms with Crippen LogP contribution in [-0.4, -0.2) is 18.4 Å². The van der Waals surface area contributed by atoms with Gasteiger partial charge >= 0.3 is 0 Å². The standard InChI is InChI=1S/C19H20Cl2N2O3/c1-12-10-14(20)5-8-18(12)26-9-3-4-19(25)23-17-7-6-15(11-16(17)21)22-13(2)24/h5-8,10-11H,3-4,9H2,1-2H3,(H,22,24)(H,23,25). The topological polar surface area (TPSA) is 67.4 Å². The Balaban J connectivity index is 1.79. The first kappa shape index (κ1) is 20.1. The third kappa shape index (κ3) is 6.24. The number of halogens is 2. The minimum atomic E-state index is -0.186. The second-order valence-electron chi connectivity index (χ2n) is 5.79. The van der Waals surface area contributed by atoms with Crippen molar-refractivity contribution < 1.29 is 14.3 Å². The van der Waals surface area contributed by atoms with Gasteiger partial charge in [-0.1, -0.05) is 23.2 Å². The molecule has 0 saturated carbocycles. The maximum absolute atomic E-state index is 12.0. The number of carbonyl (C=O) groups is 2. The Kier molecular flexibility index (Phi) is 7.30. The quantitative estimate of drug-likeness (QED) is 0.644. The molecule has 0 aromatic heterocycles. The van der Waals surface area contributed by atoms with E-state index in [1.54, 1.807) is 24.3 Å². The molecule has 0 spiro atoms. The van der Waals surface area contributed by atoms with Crippen LogP contribution in [0.15, 0.2) is 36.4 Å². The number of carbonyl (C=O) groups excluding carboxylic acids is 2. The average Bonchev–Trinajstić information content (AvgIpc) is 2.55. The van der Waals surface area contributed by atoms with E-state index in [0.29, 0.717) is 40.9 Å². The Labute approximate surface area is 162 Å². The summed E-state index contributed by atoms with van der Waals surface area (Å²) in [6.07, 6.45) is 0.867. The summed E-state index contributed by atoms with van der Waals surface area (Å²) in [7, 11) is 0. The molecule has 2 rings (SSSR count). The van der Waals surface area contributed by atoms with Crippen LogP contribution in [0.25, 0.3) is 0 Å². The van der Waals surface area contributed by atoms with Crippen molar-refractivity contribution in [2.45, 2.75) is 26.7 Å². The molecule has 0 saturated heterocycles. The summed E-state index contributed by atoms with van der Waals surface area (Å²) >= 11 is 12.0. The van der Waals surface area contributed by atoms with Crippen molar-refractivity contribution in [2.75, 3.05) is 17.2 Å². The van der Waals surface area contributed by atoms with Gasteiger partial charge in [0.15, 0.2) is 0 Å². The van der Waals surface area contributed by atoms with Crippen LogP contribution in [0.3, 0.4) is 0 Å². The lowest BCUT2D eigenvalue weighted by atomic mass is 10.2. The predicted octanol–water partition coefficient (Wildman–Crippen LogP) is 5.06. The first-order valence-electron chi connectivity index (χ1n) is 8.11. The number of hydrogen-bond acceptors (Lipinski definition) is 3. The van der Waals surface area contributed by atoms with Gasteiger partial charge in [-0.25, -0.2) is 0 Å². The van der Waals surface area contributed by atoms with E-state index < -0.39 is 0 Å². The molecule has 2 amide bonds. The van der Waals surface area contributed by atoms with Gasteiger partial charge in [0.1, 0.15) is 5.75 Å². The Bertz CT molecular complexity index is 809. The summed E-state index contributed by atoms with van der Waals surface area (Å²) in [5.74, 6) is 0.413. The first-order valence-corrected chi connectivity index (χ1v) is 8.86.